The number of halogens is 1. The molecule has 0 amide bonds. The van der Waals surface area contributed by atoms with E-state index in [1.54, 1.807) is 6.20 Å². The average Bonchev–Trinajstić information content (AvgIpc) is 3.38. The van der Waals surface area contributed by atoms with E-state index in [9.17, 15) is 5.11 Å². The summed E-state index contributed by atoms with van der Waals surface area (Å²) in [4.78, 5) is 7.00. The quantitative estimate of drug-likeness (QED) is 0.366. The SMILES string of the molecule is OC1(c2ccc(Cl)cc2)CCN(CCC=C2Cc3c(cccc3OC3CCCC3)Oc3ncccc32)CC1. The van der Waals surface area contributed by atoms with Crippen molar-refractivity contribution < 1.29 is 14.6 Å². The van der Waals surface area contributed by atoms with Gasteiger partial charge < -0.3 is 19.5 Å². The van der Waals surface area contributed by atoms with Crippen LogP contribution in [-0.2, 0) is 12.0 Å². The van der Waals surface area contributed by atoms with Gasteiger partial charge in [-0.1, -0.05) is 35.9 Å². The average molecular weight is 531 g/mol. The maximum absolute atomic E-state index is 11.2. The second-order valence-corrected chi connectivity index (χ2v) is 11.2. The molecule has 2 aliphatic heterocycles. The molecule has 1 saturated carbocycles. The van der Waals surface area contributed by atoms with Gasteiger partial charge >= 0.3 is 0 Å². The fraction of sp³-hybridized carbons (Fsp3) is 0.406. The number of benzene rings is 2. The number of fused-ring (bicyclic) bond motifs is 2. The lowest BCUT2D eigenvalue weighted by Crippen LogP contribution is -2.42. The number of allylic oxidation sites excluding steroid dienone is 1. The van der Waals surface area contributed by atoms with Crippen molar-refractivity contribution in [1.29, 1.82) is 0 Å². The highest BCUT2D eigenvalue weighted by molar-refractivity contribution is 6.30. The van der Waals surface area contributed by atoms with Gasteiger partial charge in [0.05, 0.1) is 11.7 Å². The monoisotopic (exact) mass is 530 g/mol. The number of piperidine rings is 1. The Hall–Kier alpha value is -2.86. The number of pyridine rings is 1. The molecular formula is C32H35ClN2O3. The summed E-state index contributed by atoms with van der Waals surface area (Å²) >= 11 is 6.04. The summed E-state index contributed by atoms with van der Waals surface area (Å²) in [5.74, 6) is 2.42. The Morgan fingerprint density at radius 1 is 1.05 bits per heavy atom. The van der Waals surface area contributed by atoms with Crippen molar-refractivity contribution in [3.63, 3.8) is 0 Å². The third-order valence-corrected chi connectivity index (χ3v) is 8.53. The van der Waals surface area contributed by atoms with Crippen molar-refractivity contribution in [2.24, 2.45) is 0 Å². The molecule has 0 atom stereocenters. The maximum atomic E-state index is 11.2. The second-order valence-electron chi connectivity index (χ2n) is 10.8. The summed E-state index contributed by atoms with van der Waals surface area (Å²) < 4.78 is 12.8. The smallest absolute Gasteiger partial charge is 0.226 e. The van der Waals surface area contributed by atoms with Gasteiger partial charge in [0.1, 0.15) is 11.5 Å². The standard InChI is InChI=1S/C32H35ClN2O3/c33-25-14-12-24(13-15-25)32(36)16-20-35(21-17-32)19-5-6-23-22-28-29(37-26-7-1-2-8-26)10-3-11-30(28)38-31-27(23)9-4-18-34-31/h3-4,6,9-15,18,26,36H,1-2,5,7-8,16-17,19-22H2. The largest absolute Gasteiger partial charge is 0.490 e. The van der Waals surface area contributed by atoms with Crippen LogP contribution in [0, 0.1) is 0 Å². The summed E-state index contributed by atoms with van der Waals surface area (Å²) in [6, 6.07) is 17.8. The zero-order valence-corrected chi connectivity index (χ0v) is 22.5. The fourth-order valence-corrected chi connectivity index (χ4v) is 6.14. The van der Waals surface area contributed by atoms with Crippen molar-refractivity contribution in [3.8, 4) is 17.4 Å². The van der Waals surface area contributed by atoms with Gasteiger partial charge in [-0.25, -0.2) is 4.98 Å². The Morgan fingerprint density at radius 2 is 1.84 bits per heavy atom. The topological polar surface area (TPSA) is 54.8 Å². The van der Waals surface area contributed by atoms with Crippen LogP contribution in [-0.4, -0.2) is 40.7 Å². The van der Waals surface area contributed by atoms with E-state index in [2.05, 4.69) is 28.1 Å². The van der Waals surface area contributed by atoms with Gasteiger partial charge in [-0.2, -0.15) is 0 Å². The van der Waals surface area contributed by atoms with Gasteiger partial charge in [-0.05, 0) is 92.5 Å². The Bertz CT molecular complexity index is 1290. The highest BCUT2D eigenvalue weighted by atomic mass is 35.5. The van der Waals surface area contributed by atoms with E-state index in [0.29, 0.717) is 17.0 Å². The van der Waals surface area contributed by atoms with E-state index in [-0.39, 0.29) is 0 Å². The van der Waals surface area contributed by atoms with Gasteiger partial charge in [-0.15, -0.1) is 0 Å². The molecule has 6 heteroatoms. The molecule has 2 fully saturated rings. The molecule has 5 nitrogen and oxygen atoms in total. The van der Waals surface area contributed by atoms with Crippen LogP contribution in [0.15, 0.2) is 66.9 Å². The Labute approximate surface area is 230 Å². The third-order valence-electron chi connectivity index (χ3n) is 8.28. The number of nitrogens with zero attached hydrogens (tertiary/aromatic N) is 2. The van der Waals surface area contributed by atoms with Crippen molar-refractivity contribution in [3.05, 3.63) is 88.6 Å². The second kappa shape index (κ2) is 11.1. The highest BCUT2D eigenvalue weighted by Gasteiger charge is 2.33. The first kappa shape index (κ1) is 25.4. The van der Waals surface area contributed by atoms with Crippen LogP contribution in [0.5, 0.6) is 17.4 Å². The number of likely N-dealkylation sites (tertiary alicyclic amines) is 1. The van der Waals surface area contributed by atoms with Crippen LogP contribution < -0.4 is 9.47 Å². The van der Waals surface area contributed by atoms with E-state index < -0.39 is 5.60 Å². The lowest BCUT2D eigenvalue weighted by atomic mass is 9.84. The van der Waals surface area contributed by atoms with Gasteiger partial charge in [-0.3, -0.25) is 0 Å². The summed E-state index contributed by atoms with van der Waals surface area (Å²) in [6.07, 6.45) is 12.3. The Morgan fingerprint density at radius 3 is 2.63 bits per heavy atom. The Balaban J connectivity index is 1.16. The van der Waals surface area contributed by atoms with E-state index in [1.165, 1.54) is 18.4 Å². The third kappa shape index (κ3) is 5.47. The number of hydrogen-bond donors (Lipinski definition) is 1. The van der Waals surface area contributed by atoms with E-state index in [4.69, 9.17) is 21.1 Å². The molecule has 3 heterocycles. The number of rotatable bonds is 6. The predicted molar refractivity (Wildman–Crippen MR) is 151 cm³/mol. The minimum absolute atomic E-state index is 0.295. The number of hydrogen-bond acceptors (Lipinski definition) is 5. The molecule has 38 heavy (non-hydrogen) atoms. The van der Waals surface area contributed by atoms with Crippen molar-refractivity contribution in [2.75, 3.05) is 19.6 Å². The van der Waals surface area contributed by atoms with E-state index in [1.807, 2.05) is 42.5 Å². The summed E-state index contributed by atoms with van der Waals surface area (Å²) in [5.41, 5.74) is 3.56. The highest BCUT2D eigenvalue weighted by Crippen LogP contribution is 2.42. The molecule has 0 bridgehead atoms. The molecule has 0 spiro atoms. The van der Waals surface area contributed by atoms with Gasteiger partial charge in [0.15, 0.2) is 0 Å². The summed E-state index contributed by atoms with van der Waals surface area (Å²) in [5, 5.41) is 11.9. The van der Waals surface area contributed by atoms with Crippen molar-refractivity contribution >= 4 is 17.2 Å². The first-order valence-corrected chi connectivity index (χ1v) is 14.3. The molecular weight excluding hydrogens is 496 g/mol. The molecule has 0 radical (unpaired) electrons. The number of aliphatic hydroxyl groups is 1. The van der Waals surface area contributed by atoms with Crippen LogP contribution in [0.3, 0.4) is 0 Å². The predicted octanol–water partition coefficient (Wildman–Crippen LogP) is 7.16. The van der Waals surface area contributed by atoms with Crippen LogP contribution in [0.2, 0.25) is 5.02 Å². The van der Waals surface area contributed by atoms with Crippen LogP contribution in [0.25, 0.3) is 5.57 Å². The molecule has 1 aliphatic carbocycles. The molecule has 1 aromatic heterocycles. The summed E-state index contributed by atoms with van der Waals surface area (Å²) in [6.45, 7) is 2.68. The van der Waals surface area contributed by atoms with Crippen LogP contribution >= 0.6 is 11.6 Å². The van der Waals surface area contributed by atoms with Gasteiger partial charge in [0.25, 0.3) is 0 Å². The minimum Gasteiger partial charge on any atom is -0.490 e. The fourth-order valence-electron chi connectivity index (χ4n) is 6.02. The zero-order chi connectivity index (χ0) is 26.0. The first-order valence-electron chi connectivity index (χ1n) is 13.9. The van der Waals surface area contributed by atoms with E-state index >= 15 is 0 Å². The normalized spacial score (nSPS) is 20.4. The van der Waals surface area contributed by atoms with Gasteiger partial charge in [0, 0.05) is 48.4 Å². The van der Waals surface area contributed by atoms with Crippen LogP contribution in [0.1, 0.15) is 61.6 Å². The molecule has 0 unspecified atom stereocenters. The molecule has 2 aromatic carbocycles. The number of aromatic nitrogens is 1. The Kier molecular flexibility index (Phi) is 7.42. The lowest BCUT2D eigenvalue weighted by Gasteiger charge is -2.38. The molecule has 1 N–H and O–H groups in total. The zero-order valence-electron chi connectivity index (χ0n) is 21.7. The summed E-state index contributed by atoms with van der Waals surface area (Å²) in [7, 11) is 0. The van der Waals surface area contributed by atoms with Gasteiger partial charge in [0.2, 0.25) is 5.88 Å². The number of ether oxygens (including phenoxy) is 2. The van der Waals surface area contributed by atoms with Crippen molar-refractivity contribution in [1.82, 2.24) is 9.88 Å². The molecule has 1 saturated heterocycles. The van der Waals surface area contributed by atoms with Crippen molar-refractivity contribution in [2.45, 2.75) is 63.1 Å². The maximum Gasteiger partial charge on any atom is 0.226 e. The molecule has 3 aliphatic rings. The van der Waals surface area contributed by atoms with Crippen LogP contribution in [0.4, 0.5) is 0 Å². The first-order chi connectivity index (χ1) is 18.6. The lowest BCUT2D eigenvalue weighted by molar-refractivity contribution is -0.0254. The molecule has 3 aromatic rings. The minimum atomic E-state index is -0.776. The van der Waals surface area contributed by atoms with E-state index in [0.717, 1.165) is 86.3 Å². The molecule has 6 rings (SSSR count). The molecule has 198 valence electrons.